The summed E-state index contributed by atoms with van der Waals surface area (Å²) in [7, 11) is 1.89. The zero-order valence-corrected chi connectivity index (χ0v) is 13.7. The number of aryl methyl sites for hydroxylation is 2. The Morgan fingerprint density at radius 3 is 2.87 bits per heavy atom. The van der Waals surface area contributed by atoms with E-state index < -0.39 is 0 Å². The van der Waals surface area contributed by atoms with Crippen LogP contribution >= 0.6 is 0 Å². The van der Waals surface area contributed by atoms with Gasteiger partial charge in [0.1, 0.15) is 5.65 Å². The third kappa shape index (κ3) is 2.97. The highest BCUT2D eigenvalue weighted by Gasteiger charge is 2.18. The summed E-state index contributed by atoms with van der Waals surface area (Å²) in [5.74, 6) is -0.00759. The fraction of sp³-hybridized carbons (Fsp3) is 0.353. The summed E-state index contributed by atoms with van der Waals surface area (Å²) in [5, 5.41) is 7.27. The van der Waals surface area contributed by atoms with Crippen molar-refractivity contribution in [1.82, 2.24) is 24.5 Å². The molecule has 3 rings (SSSR count). The predicted molar refractivity (Wildman–Crippen MR) is 88.0 cm³/mol. The van der Waals surface area contributed by atoms with Crippen molar-refractivity contribution in [3.05, 3.63) is 53.7 Å². The molecule has 3 aromatic rings. The maximum Gasteiger partial charge on any atom is 0.226 e. The van der Waals surface area contributed by atoms with Gasteiger partial charge in [-0.15, -0.1) is 0 Å². The molecular weight excluding hydrogens is 290 g/mol. The molecule has 0 aliphatic carbocycles. The van der Waals surface area contributed by atoms with E-state index in [1.54, 1.807) is 10.9 Å². The van der Waals surface area contributed by atoms with Crippen molar-refractivity contribution in [2.45, 2.75) is 32.7 Å². The maximum absolute atomic E-state index is 12.5. The van der Waals surface area contributed by atoms with E-state index in [0.717, 1.165) is 29.1 Å². The SMILES string of the molecule is CC[C@H](NC(=O)Cc1c(C)nc2ccccn12)c1ccnn1C. The molecule has 0 bridgehead atoms. The van der Waals surface area contributed by atoms with Crippen molar-refractivity contribution in [1.29, 1.82) is 0 Å². The number of pyridine rings is 1. The summed E-state index contributed by atoms with van der Waals surface area (Å²) >= 11 is 0. The van der Waals surface area contributed by atoms with Crippen LogP contribution < -0.4 is 5.32 Å². The molecular formula is C17H21N5O. The molecule has 0 aliphatic rings. The topological polar surface area (TPSA) is 64.2 Å². The molecule has 120 valence electrons. The zero-order valence-electron chi connectivity index (χ0n) is 13.7. The summed E-state index contributed by atoms with van der Waals surface area (Å²) in [6.45, 7) is 3.99. The summed E-state index contributed by atoms with van der Waals surface area (Å²) in [6, 6.07) is 7.74. The minimum absolute atomic E-state index is 0.00759. The summed E-state index contributed by atoms with van der Waals surface area (Å²) in [4.78, 5) is 17.0. The van der Waals surface area contributed by atoms with Crippen LogP contribution in [0.1, 0.15) is 36.5 Å². The van der Waals surface area contributed by atoms with Crippen LogP contribution in [-0.4, -0.2) is 25.1 Å². The van der Waals surface area contributed by atoms with E-state index in [2.05, 4.69) is 22.3 Å². The second-order valence-corrected chi connectivity index (χ2v) is 5.66. The Morgan fingerprint density at radius 1 is 1.35 bits per heavy atom. The van der Waals surface area contributed by atoms with Crippen LogP contribution in [-0.2, 0) is 18.3 Å². The third-order valence-electron chi connectivity index (χ3n) is 4.12. The van der Waals surface area contributed by atoms with Gasteiger partial charge in [0.25, 0.3) is 0 Å². The Labute approximate surface area is 135 Å². The van der Waals surface area contributed by atoms with E-state index in [4.69, 9.17) is 0 Å². The molecule has 1 N–H and O–H groups in total. The summed E-state index contributed by atoms with van der Waals surface area (Å²) < 4.78 is 3.77. The van der Waals surface area contributed by atoms with Crippen LogP contribution in [0.4, 0.5) is 0 Å². The van der Waals surface area contributed by atoms with Crippen molar-refractivity contribution in [3.8, 4) is 0 Å². The van der Waals surface area contributed by atoms with Gasteiger partial charge in [0.2, 0.25) is 5.91 Å². The molecule has 0 saturated heterocycles. The fourth-order valence-electron chi connectivity index (χ4n) is 2.89. The number of amides is 1. The molecule has 0 spiro atoms. The van der Waals surface area contributed by atoms with Crippen molar-refractivity contribution in [3.63, 3.8) is 0 Å². The summed E-state index contributed by atoms with van der Waals surface area (Å²) in [5.41, 5.74) is 3.69. The lowest BCUT2D eigenvalue weighted by Gasteiger charge is -2.17. The molecule has 0 saturated carbocycles. The van der Waals surface area contributed by atoms with Crippen molar-refractivity contribution in [2.24, 2.45) is 7.05 Å². The minimum Gasteiger partial charge on any atom is -0.347 e. The second kappa shape index (κ2) is 6.24. The van der Waals surface area contributed by atoms with E-state index in [1.807, 2.05) is 48.8 Å². The molecule has 1 atom stereocenters. The first-order valence-electron chi connectivity index (χ1n) is 7.80. The van der Waals surface area contributed by atoms with Gasteiger partial charge >= 0.3 is 0 Å². The standard InChI is InChI=1S/C17H21N5O/c1-4-13(14-8-9-18-21(14)3)20-17(23)11-15-12(2)19-16-7-5-6-10-22(15)16/h5-10,13H,4,11H2,1-3H3,(H,20,23)/t13-/m0/s1. The molecule has 0 aromatic carbocycles. The van der Waals surface area contributed by atoms with Crippen LogP contribution in [0.25, 0.3) is 5.65 Å². The average Bonchev–Trinajstić information content (AvgIpc) is 3.09. The zero-order chi connectivity index (χ0) is 16.4. The molecule has 0 unspecified atom stereocenters. The first-order valence-corrected chi connectivity index (χ1v) is 7.80. The Bertz CT molecular complexity index is 832. The molecule has 6 heteroatoms. The van der Waals surface area contributed by atoms with Crippen molar-refractivity contribution >= 4 is 11.6 Å². The predicted octanol–water partition coefficient (Wildman–Crippen LogP) is 2.19. The van der Waals surface area contributed by atoms with Crippen molar-refractivity contribution < 1.29 is 4.79 Å². The first-order chi connectivity index (χ1) is 11.1. The number of nitrogens with one attached hydrogen (secondary N) is 1. The smallest absolute Gasteiger partial charge is 0.226 e. The largest absolute Gasteiger partial charge is 0.347 e. The highest BCUT2D eigenvalue weighted by atomic mass is 16.1. The van der Waals surface area contributed by atoms with E-state index in [1.165, 1.54) is 0 Å². The van der Waals surface area contributed by atoms with Crippen LogP contribution in [0.5, 0.6) is 0 Å². The van der Waals surface area contributed by atoms with Crippen LogP contribution in [0, 0.1) is 6.92 Å². The number of rotatable bonds is 5. The van der Waals surface area contributed by atoms with E-state index in [9.17, 15) is 4.79 Å². The number of carbonyl (C=O) groups excluding carboxylic acids is 1. The third-order valence-corrected chi connectivity index (χ3v) is 4.12. The molecule has 0 fully saturated rings. The maximum atomic E-state index is 12.5. The molecule has 6 nitrogen and oxygen atoms in total. The van der Waals surface area contributed by atoms with Gasteiger partial charge < -0.3 is 9.72 Å². The highest BCUT2D eigenvalue weighted by Crippen LogP contribution is 2.17. The number of hydrogen-bond donors (Lipinski definition) is 1. The Balaban J connectivity index is 1.78. The van der Waals surface area contributed by atoms with Gasteiger partial charge in [0.05, 0.1) is 29.5 Å². The average molecular weight is 311 g/mol. The molecule has 3 heterocycles. The van der Waals surface area contributed by atoms with Crippen molar-refractivity contribution in [2.75, 3.05) is 0 Å². The summed E-state index contributed by atoms with van der Waals surface area (Å²) in [6.07, 6.45) is 4.82. The van der Waals surface area contributed by atoms with Crippen LogP contribution in [0.3, 0.4) is 0 Å². The van der Waals surface area contributed by atoms with Gasteiger partial charge in [-0.25, -0.2) is 4.98 Å². The normalized spacial score (nSPS) is 12.5. The molecule has 23 heavy (non-hydrogen) atoms. The van der Waals surface area contributed by atoms with Gasteiger partial charge in [0, 0.05) is 19.4 Å². The fourth-order valence-corrected chi connectivity index (χ4v) is 2.89. The lowest BCUT2D eigenvalue weighted by Crippen LogP contribution is -2.31. The number of nitrogens with zero attached hydrogens (tertiary/aromatic N) is 4. The molecule has 3 aromatic heterocycles. The van der Waals surface area contributed by atoms with Gasteiger partial charge in [0.15, 0.2) is 0 Å². The monoisotopic (exact) mass is 311 g/mol. The van der Waals surface area contributed by atoms with Gasteiger partial charge in [-0.1, -0.05) is 13.0 Å². The molecule has 1 amide bonds. The highest BCUT2D eigenvalue weighted by molar-refractivity contribution is 5.79. The number of hydrogen-bond acceptors (Lipinski definition) is 3. The lowest BCUT2D eigenvalue weighted by atomic mass is 10.1. The number of carbonyl (C=O) groups is 1. The number of imidazole rings is 1. The van der Waals surface area contributed by atoms with E-state index >= 15 is 0 Å². The molecule has 0 aliphatic heterocycles. The second-order valence-electron chi connectivity index (χ2n) is 5.66. The quantitative estimate of drug-likeness (QED) is 0.785. The minimum atomic E-state index is -0.0329. The first kappa shape index (κ1) is 15.3. The van der Waals surface area contributed by atoms with Gasteiger partial charge in [-0.3, -0.25) is 9.48 Å². The van der Waals surface area contributed by atoms with E-state index in [0.29, 0.717) is 6.42 Å². The number of fused-ring (bicyclic) bond motifs is 1. The van der Waals surface area contributed by atoms with Gasteiger partial charge in [-0.05, 0) is 31.5 Å². The van der Waals surface area contributed by atoms with E-state index in [-0.39, 0.29) is 11.9 Å². The van der Waals surface area contributed by atoms with Crippen LogP contribution in [0.15, 0.2) is 36.7 Å². The number of aromatic nitrogens is 4. The Kier molecular flexibility index (Phi) is 4.14. The van der Waals surface area contributed by atoms with Crippen LogP contribution in [0.2, 0.25) is 0 Å². The molecule has 0 radical (unpaired) electrons. The Morgan fingerprint density at radius 2 is 2.17 bits per heavy atom. The lowest BCUT2D eigenvalue weighted by molar-refractivity contribution is -0.121. The van der Waals surface area contributed by atoms with Gasteiger partial charge in [-0.2, -0.15) is 5.10 Å². The Hall–Kier alpha value is -2.63.